The van der Waals surface area contributed by atoms with Crippen LogP contribution in [0, 0.1) is 5.92 Å². The first-order valence-electron chi connectivity index (χ1n) is 6.02. The molecule has 15 heavy (non-hydrogen) atoms. The highest BCUT2D eigenvalue weighted by molar-refractivity contribution is 4.86. The molecule has 1 aliphatic rings. The van der Waals surface area contributed by atoms with E-state index in [2.05, 4.69) is 31.1 Å². The van der Waals surface area contributed by atoms with Crippen molar-refractivity contribution in [1.29, 1.82) is 0 Å². The Bertz CT molecular complexity index is 188. The lowest BCUT2D eigenvalue weighted by Gasteiger charge is -2.31. The molecule has 0 heterocycles. The molecule has 0 bridgehead atoms. The first-order chi connectivity index (χ1) is 7.02. The fourth-order valence-corrected chi connectivity index (χ4v) is 1.85. The molecule has 0 aromatic rings. The van der Waals surface area contributed by atoms with E-state index in [1.54, 1.807) is 0 Å². The van der Waals surface area contributed by atoms with Crippen LogP contribution >= 0.6 is 0 Å². The van der Waals surface area contributed by atoms with Crippen molar-refractivity contribution in [2.75, 3.05) is 27.2 Å². The molecular formula is C12H26N2O. The van der Waals surface area contributed by atoms with Crippen LogP contribution in [-0.2, 0) is 0 Å². The van der Waals surface area contributed by atoms with Gasteiger partial charge in [-0.05, 0) is 59.7 Å². The summed E-state index contributed by atoms with van der Waals surface area (Å²) < 4.78 is 0. The van der Waals surface area contributed by atoms with Crippen molar-refractivity contribution in [2.45, 2.75) is 44.7 Å². The molecule has 3 heteroatoms. The minimum absolute atomic E-state index is 0.127. The van der Waals surface area contributed by atoms with E-state index < -0.39 is 0 Å². The highest BCUT2D eigenvalue weighted by Crippen LogP contribution is 2.34. The maximum Gasteiger partial charge on any atom is 0.0610 e. The van der Waals surface area contributed by atoms with Crippen LogP contribution in [0.3, 0.4) is 0 Å². The molecule has 0 spiro atoms. The summed E-state index contributed by atoms with van der Waals surface area (Å²) in [5.41, 5.74) is -0.127. The summed E-state index contributed by atoms with van der Waals surface area (Å²) in [7, 11) is 4.11. The molecule has 2 N–H and O–H groups in total. The van der Waals surface area contributed by atoms with Gasteiger partial charge in [-0.2, -0.15) is 0 Å². The third-order valence-corrected chi connectivity index (χ3v) is 3.97. The van der Waals surface area contributed by atoms with Gasteiger partial charge in [0, 0.05) is 11.6 Å². The highest BCUT2D eigenvalue weighted by atomic mass is 16.3. The summed E-state index contributed by atoms with van der Waals surface area (Å²) >= 11 is 0. The minimum Gasteiger partial charge on any atom is -0.394 e. The Balaban J connectivity index is 2.28. The molecule has 0 aromatic heterocycles. The second-order valence-electron chi connectivity index (χ2n) is 5.28. The Labute approximate surface area is 93.9 Å². The van der Waals surface area contributed by atoms with Crippen molar-refractivity contribution in [1.82, 2.24) is 10.2 Å². The van der Waals surface area contributed by atoms with Crippen LogP contribution in [0.4, 0.5) is 0 Å². The van der Waals surface area contributed by atoms with Gasteiger partial charge in [-0.25, -0.2) is 0 Å². The monoisotopic (exact) mass is 214 g/mol. The molecule has 0 aromatic carbocycles. The van der Waals surface area contributed by atoms with Crippen molar-refractivity contribution in [3.05, 3.63) is 0 Å². The number of likely N-dealkylation sites (N-methyl/N-ethyl adjacent to an activating group) is 1. The van der Waals surface area contributed by atoms with E-state index in [1.807, 2.05) is 7.05 Å². The Morgan fingerprint density at radius 1 is 1.53 bits per heavy atom. The van der Waals surface area contributed by atoms with Crippen LogP contribution in [0.25, 0.3) is 0 Å². The van der Waals surface area contributed by atoms with E-state index in [0.717, 1.165) is 18.9 Å². The number of hydrogen-bond donors (Lipinski definition) is 2. The van der Waals surface area contributed by atoms with E-state index in [4.69, 9.17) is 0 Å². The number of aliphatic hydroxyl groups is 1. The molecule has 1 aliphatic carbocycles. The summed E-state index contributed by atoms with van der Waals surface area (Å²) in [4.78, 5) is 2.42. The van der Waals surface area contributed by atoms with Gasteiger partial charge in [-0.1, -0.05) is 0 Å². The zero-order chi connectivity index (χ0) is 11.5. The lowest BCUT2D eigenvalue weighted by atomic mass is 9.98. The van der Waals surface area contributed by atoms with Gasteiger partial charge in [0.1, 0.15) is 0 Å². The minimum atomic E-state index is -0.127. The van der Waals surface area contributed by atoms with Crippen LogP contribution in [-0.4, -0.2) is 48.8 Å². The van der Waals surface area contributed by atoms with Crippen LogP contribution < -0.4 is 5.32 Å². The maximum absolute atomic E-state index is 9.28. The van der Waals surface area contributed by atoms with Gasteiger partial charge in [0.15, 0.2) is 0 Å². The normalized spacial score (nSPS) is 22.8. The Kier molecular flexibility index (Phi) is 4.56. The largest absolute Gasteiger partial charge is 0.394 e. The van der Waals surface area contributed by atoms with Gasteiger partial charge in [-0.3, -0.25) is 0 Å². The van der Waals surface area contributed by atoms with Gasteiger partial charge < -0.3 is 15.3 Å². The number of rotatable bonds is 7. The molecule has 2 unspecified atom stereocenters. The maximum atomic E-state index is 9.28. The van der Waals surface area contributed by atoms with Gasteiger partial charge in [-0.15, -0.1) is 0 Å². The number of aliphatic hydroxyl groups excluding tert-OH is 1. The highest BCUT2D eigenvalue weighted by Gasteiger charge is 2.31. The Morgan fingerprint density at radius 3 is 2.53 bits per heavy atom. The first-order valence-corrected chi connectivity index (χ1v) is 6.02. The van der Waals surface area contributed by atoms with Crippen LogP contribution in [0.1, 0.15) is 33.1 Å². The molecule has 1 fully saturated rings. The van der Waals surface area contributed by atoms with E-state index in [9.17, 15) is 5.11 Å². The molecule has 2 atom stereocenters. The fourth-order valence-electron chi connectivity index (χ4n) is 1.85. The topological polar surface area (TPSA) is 35.5 Å². The zero-order valence-corrected chi connectivity index (χ0v) is 10.6. The van der Waals surface area contributed by atoms with Gasteiger partial charge in [0.25, 0.3) is 0 Å². The molecular weight excluding hydrogens is 188 g/mol. The molecule has 0 radical (unpaired) electrons. The van der Waals surface area contributed by atoms with Crippen molar-refractivity contribution in [2.24, 2.45) is 5.92 Å². The predicted molar refractivity (Wildman–Crippen MR) is 64.0 cm³/mol. The number of hydrogen-bond acceptors (Lipinski definition) is 3. The van der Waals surface area contributed by atoms with Gasteiger partial charge in [0.2, 0.25) is 0 Å². The van der Waals surface area contributed by atoms with Crippen molar-refractivity contribution in [3.63, 3.8) is 0 Å². The standard InChI is InChI=1S/C12H26N2O/c1-10(11-5-6-11)14(4)8-7-12(2,9-15)13-3/h10-11,13,15H,5-9H2,1-4H3. The number of nitrogens with one attached hydrogen (secondary N) is 1. The third kappa shape index (κ3) is 3.74. The molecule has 1 rings (SSSR count). The van der Waals surface area contributed by atoms with Crippen molar-refractivity contribution >= 4 is 0 Å². The smallest absolute Gasteiger partial charge is 0.0610 e. The third-order valence-electron chi connectivity index (χ3n) is 3.97. The Hall–Kier alpha value is -0.120. The second-order valence-corrected chi connectivity index (χ2v) is 5.28. The van der Waals surface area contributed by atoms with Gasteiger partial charge >= 0.3 is 0 Å². The molecule has 1 saturated carbocycles. The van der Waals surface area contributed by atoms with Crippen LogP contribution in [0.15, 0.2) is 0 Å². The zero-order valence-electron chi connectivity index (χ0n) is 10.6. The number of nitrogens with zero attached hydrogens (tertiary/aromatic N) is 1. The van der Waals surface area contributed by atoms with Crippen LogP contribution in [0.5, 0.6) is 0 Å². The summed E-state index contributed by atoms with van der Waals surface area (Å²) in [5.74, 6) is 0.921. The van der Waals surface area contributed by atoms with Crippen molar-refractivity contribution < 1.29 is 5.11 Å². The lowest BCUT2D eigenvalue weighted by Crippen LogP contribution is -2.46. The quantitative estimate of drug-likeness (QED) is 0.665. The van der Waals surface area contributed by atoms with E-state index in [1.165, 1.54) is 12.8 Å². The van der Waals surface area contributed by atoms with E-state index >= 15 is 0 Å². The SMILES string of the molecule is CNC(C)(CO)CCN(C)C(C)C1CC1. The van der Waals surface area contributed by atoms with E-state index in [-0.39, 0.29) is 12.1 Å². The van der Waals surface area contributed by atoms with Crippen LogP contribution in [0.2, 0.25) is 0 Å². The second kappa shape index (κ2) is 5.28. The summed E-state index contributed by atoms with van der Waals surface area (Å²) in [6.07, 6.45) is 3.79. The fraction of sp³-hybridized carbons (Fsp3) is 1.00. The average molecular weight is 214 g/mol. The van der Waals surface area contributed by atoms with Crippen molar-refractivity contribution in [3.8, 4) is 0 Å². The molecule has 0 aliphatic heterocycles. The summed E-state index contributed by atoms with van der Waals surface area (Å²) in [6, 6.07) is 0.699. The van der Waals surface area contributed by atoms with Gasteiger partial charge in [0.05, 0.1) is 6.61 Å². The average Bonchev–Trinajstić information content (AvgIpc) is 3.08. The lowest BCUT2D eigenvalue weighted by molar-refractivity contribution is 0.145. The Morgan fingerprint density at radius 2 is 2.13 bits per heavy atom. The predicted octanol–water partition coefficient (Wildman–Crippen LogP) is 1.08. The molecule has 3 nitrogen and oxygen atoms in total. The summed E-state index contributed by atoms with van der Waals surface area (Å²) in [5, 5.41) is 12.5. The molecule has 0 amide bonds. The van der Waals surface area contributed by atoms with E-state index in [0.29, 0.717) is 6.04 Å². The summed E-state index contributed by atoms with van der Waals surface area (Å²) in [6.45, 7) is 5.64. The first kappa shape index (κ1) is 12.9. The molecule has 0 saturated heterocycles. The molecule has 90 valence electrons.